The van der Waals surface area contributed by atoms with Crippen LogP contribution in [0.4, 0.5) is 0 Å². The van der Waals surface area contributed by atoms with Gasteiger partial charge in [0.05, 0.1) is 6.61 Å². The predicted molar refractivity (Wildman–Crippen MR) is 93.7 cm³/mol. The van der Waals surface area contributed by atoms with Gasteiger partial charge in [-0.05, 0) is 46.7 Å². The van der Waals surface area contributed by atoms with E-state index in [1.165, 1.54) is 0 Å². The van der Waals surface area contributed by atoms with E-state index >= 15 is 0 Å². The van der Waals surface area contributed by atoms with Gasteiger partial charge >= 0.3 is 5.97 Å². The first kappa shape index (κ1) is 15.7. The number of rotatable bonds is 4. The van der Waals surface area contributed by atoms with Crippen LogP contribution >= 0.6 is 0 Å². The molecule has 0 aliphatic carbocycles. The Morgan fingerprint density at radius 1 is 0.958 bits per heavy atom. The first-order valence-electron chi connectivity index (χ1n) is 7.63. The maximum absolute atomic E-state index is 11.6. The molecule has 0 saturated heterocycles. The van der Waals surface area contributed by atoms with E-state index in [1.54, 1.807) is 19.1 Å². The molecule has 4 heteroatoms. The van der Waals surface area contributed by atoms with Crippen molar-refractivity contribution in [2.45, 2.75) is 6.92 Å². The molecule has 0 radical (unpaired) electrons. The molecule has 24 heavy (non-hydrogen) atoms. The van der Waals surface area contributed by atoms with E-state index in [1.807, 2.05) is 36.4 Å². The van der Waals surface area contributed by atoms with Crippen LogP contribution in [0.5, 0.6) is 0 Å². The third kappa shape index (κ3) is 3.13. The summed E-state index contributed by atoms with van der Waals surface area (Å²) < 4.78 is 4.61. The zero-order valence-electron chi connectivity index (χ0n) is 13.2. The summed E-state index contributed by atoms with van der Waals surface area (Å²) in [5.74, 6) is -2.12. The van der Waals surface area contributed by atoms with Gasteiger partial charge in [-0.15, -0.1) is 0 Å². The number of carbonyl (C=O) groups excluding carboxylic acids is 2. The Morgan fingerprint density at radius 3 is 2.25 bits per heavy atom. The number of ether oxygens (including phenoxy) is 1. The topological polar surface area (TPSA) is 63.6 Å². The Balaban J connectivity index is 1.99. The summed E-state index contributed by atoms with van der Waals surface area (Å²) in [6.07, 6.45) is 0.889. The Labute approximate surface area is 139 Å². The molecule has 0 amide bonds. The predicted octanol–water partition coefficient (Wildman–Crippen LogP) is 4.02. The Bertz CT molecular complexity index is 970. The molecule has 3 rings (SSSR count). The van der Waals surface area contributed by atoms with Crippen LogP contribution in [0.2, 0.25) is 0 Å². The van der Waals surface area contributed by atoms with Crippen LogP contribution < -0.4 is 0 Å². The summed E-state index contributed by atoms with van der Waals surface area (Å²) in [4.78, 5) is 23.0. The van der Waals surface area contributed by atoms with Crippen LogP contribution in [0.15, 0.2) is 60.7 Å². The van der Waals surface area contributed by atoms with E-state index in [4.69, 9.17) is 0 Å². The normalized spacial score (nSPS) is 11.6. The van der Waals surface area contributed by atoms with Crippen molar-refractivity contribution in [3.05, 3.63) is 66.2 Å². The van der Waals surface area contributed by atoms with Crippen molar-refractivity contribution in [1.82, 2.24) is 0 Å². The largest absolute Gasteiger partial charge is 0.507 e. The molecule has 0 aromatic heterocycles. The summed E-state index contributed by atoms with van der Waals surface area (Å²) in [6, 6.07) is 17.5. The first-order valence-corrected chi connectivity index (χ1v) is 7.63. The van der Waals surface area contributed by atoms with Gasteiger partial charge in [0.2, 0.25) is 0 Å². The van der Waals surface area contributed by atoms with Crippen LogP contribution in [0, 0.1) is 0 Å². The molecule has 0 atom stereocenters. The summed E-state index contributed by atoms with van der Waals surface area (Å²) in [5.41, 5.74) is 0.468. The lowest BCUT2D eigenvalue weighted by Gasteiger charge is -2.05. The second-order valence-corrected chi connectivity index (χ2v) is 5.38. The zero-order valence-corrected chi connectivity index (χ0v) is 13.2. The number of esters is 1. The second kappa shape index (κ2) is 6.54. The average Bonchev–Trinajstić information content (AvgIpc) is 2.59. The molecule has 1 N–H and O–H groups in total. The molecule has 0 unspecified atom stereocenters. The lowest BCUT2D eigenvalue weighted by molar-refractivity contribution is -0.151. The molecular formula is C20H16O4. The van der Waals surface area contributed by atoms with E-state index < -0.39 is 11.8 Å². The average molecular weight is 320 g/mol. The van der Waals surface area contributed by atoms with Crippen LogP contribution in [0.1, 0.15) is 12.5 Å². The Hall–Kier alpha value is -3.14. The minimum absolute atomic E-state index is 0.113. The van der Waals surface area contributed by atoms with Crippen molar-refractivity contribution in [3.63, 3.8) is 0 Å². The molecule has 0 heterocycles. The van der Waals surface area contributed by atoms with E-state index in [0.717, 1.165) is 27.6 Å². The van der Waals surface area contributed by atoms with Gasteiger partial charge in [-0.25, -0.2) is 4.79 Å². The molecule has 0 fully saturated rings. The minimum Gasteiger partial charge on any atom is -0.507 e. The smallest absolute Gasteiger partial charge is 0.379 e. The van der Waals surface area contributed by atoms with Gasteiger partial charge in [0.15, 0.2) is 0 Å². The van der Waals surface area contributed by atoms with Gasteiger partial charge in [0.1, 0.15) is 5.76 Å². The van der Waals surface area contributed by atoms with Crippen LogP contribution in [0.3, 0.4) is 0 Å². The van der Waals surface area contributed by atoms with Crippen molar-refractivity contribution >= 4 is 39.1 Å². The molecule has 120 valence electrons. The number of aliphatic hydroxyl groups excluding tert-OH is 1. The number of aliphatic hydroxyl groups is 1. The van der Waals surface area contributed by atoms with E-state index in [0.29, 0.717) is 5.56 Å². The third-order valence-corrected chi connectivity index (χ3v) is 3.75. The van der Waals surface area contributed by atoms with Crippen LogP contribution in [-0.2, 0) is 14.3 Å². The number of fused-ring (bicyclic) bond motifs is 2. The lowest BCUT2D eigenvalue weighted by atomic mass is 10.0. The maximum atomic E-state index is 11.6. The molecule has 3 aromatic rings. The first-order chi connectivity index (χ1) is 11.6. The zero-order chi connectivity index (χ0) is 17.1. The minimum atomic E-state index is -0.976. The highest BCUT2D eigenvalue weighted by Crippen LogP contribution is 2.25. The number of hydrogen-bond donors (Lipinski definition) is 1. The van der Waals surface area contributed by atoms with Gasteiger partial charge in [0, 0.05) is 11.6 Å². The second-order valence-electron chi connectivity index (χ2n) is 5.38. The molecule has 4 nitrogen and oxygen atoms in total. The van der Waals surface area contributed by atoms with Gasteiger partial charge < -0.3 is 9.84 Å². The fourth-order valence-corrected chi connectivity index (χ4v) is 2.57. The highest BCUT2D eigenvalue weighted by Gasteiger charge is 2.14. The molecule has 3 aromatic carbocycles. The monoisotopic (exact) mass is 320 g/mol. The van der Waals surface area contributed by atoms with E-state index in [2.05, 4.69) is 10.8 Å². The molecule has 0 aliphatic rings. The fraction of sp³-hybridized carbons (Fsp3) is 0.100. The van der Waals surface area contributed by atoms with Crippen molar-refractivity contribution in [2.24, 2.45) is 0 Å². The number of hydrogen-bond acceptors (Lipinski definition) is 4. The van der Waals surface area contributed by atoms with Gasteiger partial charge in [-0.2, -0.15) is 0 Å². The number of carbonyl (C=O) groups is 2. The summed E-state index contributed by atoms with van der Waals surface area (Å²) >= 11 is 0. The van der Waals surface area contributed by atoms with Crippen LogP contribution in [0.25, 0.3) is 27.3 Å². The molecule has 0 saturated carbocycles. The lowest BCUT2D eigenvalue weighted by Crippen LogP contribution is -2.15. The molecule has 0 spiro atoms. The highest BCUT2D eigenvalue weighted by atomic mass is 16.5. The summed E-state index contributed by atoms with van der Waals surface area (Å²) in [5, 5.41) is 14.3. The fourth-order valence-electron chi connectivity index (χ4n) is 2.57. The number of benzene rings is 3. The van der Waals surface area contributed by atoms with Crippen molar-refractivity contribution < 1.29 is 19.4 Å². The Morgan fingerprint density at radius 2 is 1.58 bits per heavy atom. The van der Waals surface area contributed by atoms with Crippen LogP contribution in [-0.4, -0.2) is 23.5 Å². The third-order valence-electron chi connectivity index (χ3n) is 3.75. The quantitative estimate of drug-likeness (QED) is 0.259. The number of ketones is 1. The van der Waals surface area contributed by atoms with Crippen molar-refractivity contribution in [1.29, 1.82) is 0 Å². The molecule has 0 aliphatic heterocycles. The summed E-state index contributed by atoms with van der Waals surface area (Å²) in [7, 11) is 0. The van der Waals surface area contributed by atoms with Crippen molar-refractivity contribution in [2.75, 3.05) is 6.61 Å². The summed E-state index contributed by atoms with van der Waals surface area (Å²) in [6.45, 7) is 1.73. The van der Waals surface area contributed by atoms with E-state index in [-0.39, 0.29) is 12.4 Å². The van der Waals surface area contributed by atoms with E-state index in [9.17, 15) is 14.7 Å². The SMILES string of the molecule is CCOC(=O)C(=O)/C=C(\O)c1ccc2cc3ccccc3cc2c1. The van der Waals surface area contributed by atoms with Gasteiger partial charge in [-0.1, -0.05) is 36.4 Å². The van der Waals surface area contributed by atoms with Gasteiger partial charge in [0.25, 0.3) is 5.78 Å². The Kier molecular flexibility index (Phi) is 4.29. The van der Waals surface area contributed by atoms with Crippen molar-refractivity contribution in [3.8, 4) is 0 Å². The molecular weight excluding hydrogens is 304 g/mol. The molecule has 0 bridgehead atoms. The van der Waals surface area contributed by atoms with Gasteiger partial charge in [-0.3, -0.25) is 4.79 Å². The maximum Gasteiger partial charge on any atom is 0.379 e. The standard InChI is InChI=1S/C20H16O4/c1-2-24-20(23)19(22)12-18(21)16-8-7-15-9-13-5-3-4-6-14(13)10-17(15)11-16/h3-12,21H,2H2,1H3/b18-12-. The highest BCUT2D eigenvalue weighted by molar-refractivity contribution is 6.39.